The number of hydrogen-bond acceptors (Lipinski definition) is 2. The van der Waals surface area contributed by atoms with Crippen LogP contribution in [0, 0.1) is 12.7 Å². The summed E-state index contributed by atoms with van der Waals surface area (Å²) in [4.78, 5) is 16.3. The molecule has 0 aliphatic rings. The highest BCUT2D eigenvalue weighted by Gasteiger charge is 2.07. The summed E-state index contributed by atoms with van der Waals surface area (Å²) in [6.07, 6.45) is 0. The van der Waals surface area contributed by atoms with Crippen LogP contribution in [0.5, 0.6) is 0 Å². The van der Waals surface area contributed by atoms with Crippen LogP contribution in [-0.2, 0) is 13.1 Å². The highest BCUT2D eigenvalue weighted by Crippen LogP contribution is 2.14. The van der Waals surface area contributed by atoms with E-state index in [1.807, 2.05) is 31.2 Å². The lowest BCUT2D eigenvalue weighted by molar-refractivity contribution is 0.240. The number of nitrogens with zero attached hydrogens (tertiary/aromatic N) is 2. The van der Waals surface area contributed by atoms with Gasteiger partial charge >= 0.3 is 6.03 Å². The Morgan fingerprint density at radius 1 is 1.12 bits per heavy atom. The summed E-state index contributed by atoms with van der Waals surface area (Å²) in [6.45, 7) is 3.46. The zero-order valence-corrected chi connectivity index (χ0v) is 13.4. The summed E-state index contributed by atoms with van der Waals surface area (Å²) in [5.41, 5.74) is 2.86. The van der Waals surface area contributed by atoms with Gasteiger partial charge in [0.2, 0.25) is 0 Å². The molecule has 2 N–H and O–H groups in total. The number of imidazole rings is 1. The molecule has 0 atom stereocenters. The molecule has 5 nitrogen and oxygen atoms in total. The molecule has 2 aromatic carbocycles. The van der Waals surface area contributed by atoms with E-state index in [0.717, 1.165) is 22.4 Å². The van der Waals surface area contributed by atoms with E-state index >= 15 is 0 Å². The second-order valence-corrected chi connectivity index (χ2v) is 5.54. The molecule has 0 bridgehead atoms. The molecule has 0 fully saturated rings. The van der Waals surface area contributed by atoms with Crippen LogP contribution >= 0.6 is 0 Å². The van der Waals surface area contributed by atoms with Crippen LogP contribution in [-0.4, -0.2) is 22.1 Å². The van der Waals surface area contributed by atoms with Crippen LogP contribution in [0.3, 0.4) is 0 Å². The lowest BCUT2D eigenvalue weighted by atomic mass is 10.2. The minimum Gasteiger partial charge on any atom is -0.336 e. The summed E-state index contributed by atoms with van der Waals surface area (Å²) in [6, 6.07) is 13.7. The molecule has 0 unspecified atom stereocenters. The van der Waals surface area contributed by atoms with E-state index in [1.165, 1.54) is 12.1 Å². The van der Waals surface area contributed by atoms with Crippen LogP contribution in [0.25, 0.3) is 11.0 Å². The molecular weight excluding hydrogens is 307 g/mol. The smallest absolute Gasteiger partial charge is 0.315 e. The van der Waals surface area contributed by atoms with Crippen LogP contribution in [0.2, 0.25) is 0 Å². The predicted octanol–water partition coefficient (Wildman–Crippen LogP) is 2.98. The number of nitrogens with one attached hydrogen (secondary N) is 2. The van der Waals surface area contributed by atoms with Crippen molar-refractivity contribution in [3.05, 3.63) is 65.7 Å². The number of urea groups is 1. The lowest BCUT2D eigenvalue weighted by Gasteiger charge is -2.10. The number of rotatable bonds is 5. The van der Waals surface area contributed by atoms with Gasteiger partial charge in [-0.25, -0.2) is 14.2 Å². The summed E-state index contributed by atoms with van der Waals surface area (Å²) < 4.78 is 14.9. The first kappa shape index (κ1) is 16.0. The summed E-state index contributed by atoms with van der Waals surface area (Å²) in [7, 11) is 0. The number of carbonyl (C=O) groups excluding carboxylic acids is 1. The van der Waals surface area contributed by atoms with Crippen LogP contribution in [0.1, 0.15) is 11.4 Å². The first-order valence-corrected chi connectivity index (χ1v) is 7.81. The van der Waals surface area contributed by atoms with E-state index in [2.05, 4.69) is 20.2 Å². The SMILES string of the molecule is Cc1nc2ccccc2n1CCNC(=O)NCc1ccc(F)cc1. The third kappa shape index (κ3) is 3.71. The molecule has 3 aromatic rings. The molecule has 1 heterocycles. The second kappa shape index (κ2) is 7.12. The quantitative estimate of drug-likeness (QED) is 0.757. The van der Waals surface area contributed by atoms with E-state index in [4.69, 9.17) is 0 Å². The highest BCUT2D eigenvalue weighted by molar-refractivity contribution is 5.76. The number of benzene rings is 2. The number of fused-ring (bicyclic) bond motifs is 1. The van der Waals surface area contributed by atoms with Gasteiger partial charge in [-0.2, -0.15) is 0 Å². The average molecular weight is 326 g/mol. The molecule has 124 valence electrons. The fourth-order valence-corrected chi connectivity index (χ4v) is 2.61. The molecule has 0 radical (unpaired) electrons. The number of aromatic nitrogens is 2. The maximum absolute atomic E-state index is 12.8. The van der Waals surface area contributed by atoms with E-state index in [-0.39, 0.29) is 11.8 Å². The summed E-state index contributed by atoms with van der Waals surface area (Å²) in [5, 5.41) is 5.57. The Bertz CT molecular complexity index is 842. The number of para-hydroxylation sites is 2. The van der Waals surface area contributed by atoms with Crippen molar-refractivity contribution in [2.75, 3.05) is 6.54 Å². The van der Waals surface area contributed by atoms with Gasteiger partial charge < -0.3 is 15.2 Å². The molecule has 2 amide bonds. The van der Waals surface area contributed by atoms with Crippen molar-refractivity contribution in [1.82, 2.24) is 20.2 Å². The maximum atomic E-state index is 12.8. The molecule has 24 heavy (non-hydrogen) atoms. The molecule has 0 spiro atoms. The zero-order chi connectivity index (χ0) is 16.9. The Morgan fingerprint density at radius 3 is 2.67 bits per heavy atom. The largest absolute Gasteiger partial charge is 0.336 e. The van der Waals surface area contributed by atoms with Gasteiger partial charge in [0.15, 0.2) is 0 Å². The van der Waals surface area contributed by atoms with Gasteiger partial charge in [0.05, 0.1) is 11.0 Å². The Labute approximate surface area is 139 Å². The Hall–Kier alpha value is -2.89. The van der Waals surface area contributed by atoms with Gasteiger partial charge in [0.25, 0.3) is 0 Å². The third-order valence-corrected chi connectivity index (χ3v) is 3.83. The van der Waals surface area contributed by atoms with E-state index < -0.39 is 0 Å². The predicted molar refractivity (Wildman–Crippen MR) is 91.1 cm³/mol. The van der Waals surface area contributed by atoms with Gasteiger partial charge in [-0.15, -0.1) is 0 Å². The van der Waals surface area contributed by atoms with Crippen molar-refractivity contribution >= 4 is 17.1 Å². The molecule has 1 aromatic heterocycles. The summed E-state index contributed by atoms with van der Waals surface area (Å²) >= 11 is 0. The Morgan fingerprint density at radius 2 is 1.88 bits per heavy atom. The number of amides is 2. The molecule has 3 rings (SSSR count). The maximum Gasteiger partial charge on any atom is 0.315 e. The van der Waals surface area contributed by atoms with Crippen molar-refractivity contribution in [2.24, 2.45) is 0 Å². The molecule has 0 saturated heterocycles. The fourth-order valence-electron chi connectivity index (χ4n) is 2.61. The zero-order valence-electron chi connectivity index (χ0n) is 13.4. The van der Waals surface area contributed by atoms with Gasteiger partial charge in [-0.05, 0) is 36.8 Å². The van der Waals surface area contributed by atoms with E-state index in [9.17, 15) is 9.18 Å². The first-order chi connectivity index (χ1) is 11.6. The number of halogens is 1. The molecular formula is C18H19FN4O. The second-order valence-electron chi connectivity index (χ2n) is 5.54. The topological polar surface area (TPSA) is 59.0 Å². The third-order valence-electron chi connectivity index (χ3n) is 3.83. The standard InChI is InChI=1S/C18H19FN4O/c1-13-22-16-4-2-3-5-17(16)23(13)11-10-20-18(24)21-12-14-6-8-15(19)9-7-14/h2-9H,10-12H2,1H3,(H2,20,21,24). The molecule has 0 saturated carbocycles. The Kier molecular flexibility index (Phi) is 4.74. The highest BCUT2D eigenvalue weighted by atomic mass is 19.1. The summed E-state index contributed by atoms with van der Waals surface area (Å²) in [5.74, 6) is 0.635. The average Bonchev–Trinajstić information content (AvgIpc) is 2.90. The van der Waals surface area contributed by atoms with Gasteiger partial charge in [-0.3, -0.25) is 0 Å². The van der Waals surface area contributed by atoms with Crippen molar-refractivity contribution in [2.45, 2.75) is 20.0 Å². The first-order valence-electron chi connectivity index (χ1n) is 7.81. The molecule has 0 aliphatic carbocycles. The monoisotopic (exact) mass is 326 g/mol. The van der Waals surface area contributed by atoms with Gasteiger partial charge in [-0.1, -0.05) is 24.3 Å². The number of carbonyl (C=O) groups is 1. The molecule has 6 heteroatoms. The van der Waals surface area contributed by atoms with Crippen molar-refractivity contribution in [1.29, 1.82) is 0 Å². The normalized spacial score (nSPS) is 10.8. The fraction of sp³-hybridized carbons (Fsp3) is 0.222. The van der Waals surface area contributed by atoms with Crippen LogP contribution in [0.4, 0.5) is 9.18 Å². The van der Waals surface area contributed by atoms with Crippen molar-refractivity contribution < 1.29 is 9.18 Å². The Balaban J connectivity index is 1.49. The van der Waals surface area contributed by atoms with Crippen molar-refractivity contribution in [3.63, 3.8) is 0 Å². The number of aryl methyl sites for hydroxylation is 1. The number of hydrogen-bond donors (Lipinski definition) is 2. The van der Waals surface area contributed by atoms with Crippen LogP contribution < -0.4 is 10.6 Å². The minimum atomic E-state index is -0.286. The van der Waals surface area contributed by atoms with Gasteiger partial charge in [0.1, 0.15) is 11.6 Å². The molecule has 0 aliphatic heterocycles. The van der Waals surface area contributed by atoms with Crippen molar-refractivity contribution in [3.8, 4) is 0 Å². The van der Waals surface area contributed by atoms with Crippen LogP contribution in [0.15, 0.2) is 48.5 Å². The van der Waals surface area contributed by atoms with E-state index in [0.29, 0.717) is 19.6 Å². The van der Waals surface area contributed by atoms with E-state index in [1.54, 1.807) is 12.1 Å². The lowest BCUT2D eigenvalue weighted by Crippen LogP contribution is -2.36. The van der Waals surface area contributed by atoms with Gasteiger partial charge in [0, 0.05) is 19.6 Å². The minimum absolute atomic E-state index is 0.249.